The first kappa shape index (κ1) is 24.7. The summed E-state index contributed by atoms with van der Waals surface area (Å²) in [4.78, 5) is 36.7. The van der Waals surface area contributed by atoms with Crippen molar-refractivity contribution in [2.45, 2.75) is 43.5 Å². The van der Waals surface area contributed by atoms with Crippen molar-refractivity contribution in [1.82, 2.24) is 9.97 Å². The number of fused-ring (bicyclic) bond motifs is 1. The highest BCUT2D eigenvalue weighted by atomic mass is 35.5. The van der Waals surface area contributed by atoms with E-state index in [1.54, 1.807) is 0 Å². The largest absolute Gasteiger partial charge is 0.378 e. The first-order valence-corrected chi connectivity index (χ1v) is 13.3. The number of hydrogen-bond donors (Lipinski definition) is 2. The number of rotatable bonds is 5. The number of allylic oxidation sites excluding steroid dienone is 2. The lowest BCUT2D eigenvalue weighted by atomic mass is 9.69. The number of Topliss-reactive ketones (excluding diaryl/α,β-unsaturated/α-hetero) is 1. The van der Waals surface area contributed by atoms with Gasteiger partial charge in [0.2, 0.25) is 0 Å². The van der Waals surface area contributed by atoms with Crippen LogP contribution in [0.4, 0.5) is 11.5 Å². The van der Waals surface area contributed by atoms with Crippen LogP contribution in [-0.2, 0) is 10.5 Å². The molecule has 0 saturated heterocycles. The molecule has 3 aromatic rings. The molecule has 0 unspecified atom stereocenters. The molecule has 2 aromatic carbocycles. The molecule has 1 aromatic heterocycles. The molecule has 2 aliphatic rings. The molecule has 1 aliphatic heterocycles. The molecule has 5 rings (SSSR count). The fourth-order valence-electron chi connectivity index (χ4n) is 5.02. The van der Waals surface area contributed by atoms with E-state index in [4.69, 9.17) is 16.6 Å². The molecule has 0 bridgehead atoms. The minimum absolute atomic E-state index is 0.0812. The molecule has 2 heterocycles. The van der Waals surface area contributed by atoms with E-state index in [-0.39, 0.29) is 16.8 Å². The molecule has 8 heteroatoms. The summed E-state index contributed by atoms with van der Waals surface area (Å²) < 4.78 is 0. The van der Waals surface area contributed by atoms with E-state index in [0.717, 1.165) is 28.9 Å². The number of benzene rings is 2. The van der Waals surface area contributed by atoms with Gasteiger partial charge in [-0.25, -0.2) is 4.98 Å². The van der Waals surface area contributed by atoms with Crippen LogP contribution >= 0.6 is 23.4 Å². The zero-order valence-electron chi connectivity index (χ0n) is 20.8. The molecule has 36 heavy (non-hydrogen) atoms. The number of H-pyrrole nitrogens is 1. The van der Waals surface area contributed by atoms with Crippen molar-refractivity contribution in [3.8, 4) is 0 Å². The highest BCUT2D eigenvalue weighted by molar-refractivity contribution is 7.98. The lowest BCUT2D eigenvalue weighted by molar-refractivity contribution is -0.118. The van der Waals surface area contributed by atoms with Crippen molar-refractivity contribution in [1.29, 1.82) is 0 Å². The van der Waals surface area contributed by atoms with Gasteiger partial charge in [0.25, 0.3) is 5.56 Å². The third kappa shape index (κ3) is 4.70. The van der Waals surface area contributed by atoms with Crippen LogP contribution in [0.1, 0.15) is 49.3 Å². The quantitative estimate of drug-likeness (QED) is 0.318. The summed E-state index contributed by atoms with van der Waals surface area (Å²) in [5.41, 5.74) is 4.57. The topological polar surface area (TPSA) is 78.1 Å². The number of anilines is 2. The lowest BCUT2D eigenvalue weighted by Gasteiger charge is -2.38. The highest BCUT2D eigenvalue weighted by Crippen LogP contribution is 2.47. The summed E-state index contributed by atoms with van der Waals surface area (Å²) in [6.45, 7) is 4.20. The summed E-state index contributed by atoms with van der Waals surface area (Å²) in [7, 11) is 3.97. The summed E-state index contributed by atoms with van der Waals surface area (Å²) in [6.07, 6.45) is 1.17. The van der Waals surface area contributed by atoms with Crippen LogP contribution in [0, 0.1) is 5.41 Å². The summed E-state index contributed by atoms with van der Waals surface area (Å²) in [6, 6.07) is 15.7. The minimum Gasteiger partial charge on any atom is -0.378 e. The third-order valence-electron chi connectivity index (χ3n) is 6.77. The SMILES string of the molecule is CN(C)c1ccc([C@H]2C3=C(CC(C)(C)CC3=O)Nc3nc(SCc4ccccc4Cl)[nH]c(=O)c32)cc1. The molecule has 0 amide bonds. The van der Waals surface area contributed by atoms with Crippen molar-refractivity contribution < 1.29 is 4.79 Å². The second-order valence-corrected chi connectivity index (χ2v) is 11.8. The van der Waals surface area contributed by atoms with E-state index in [1.165, 1.54) is 11.8 Å². The monoisotopic (exact) mass is 520 g/mol. The van der Waals surface area contributed by atoms with Crippen molar-refractivity contribution >= 4 is 40.7 Å². The van der Waals surface area contributed by atoms with Gasteiger partial charge in [0.1, 0.15) is 5.82 Å². The molecular formula is C28H29ClN4O2S. The number of hydrogen-bond acceptors (Lipinski definition) is 6. The lowest BCUT2D eigenvalue weighted by Crippen LogP contribution is -2.37. The second kappa shape index (κ2) is 9.45. The Morgan fingerprint density at radius 1 is 1.08 bits per heavy atom. The molecule has 0 saturated carbocycles. The van der Waals surface area contributed by atoms with E-state index in [0.29, 0.717) is 39.3 Å². The number of carbonyl (C=O) groups is 1. The third-order valence-corrected chi connectivity index (χ3v) is 8.06. The molecule has 1 atom stereocenters. The molecule has 0 radical (unpaired) electrons. The number of nitrogens with zero attached hydrogens (tertiary/aromatic N) is 2. The van der Waals surface area contributed by atoms with Gasteiger partial charge in [-0.15, -0.1) is 0 Å². The van der Waals surface area contributed by atoms with Crippen molar-refractivity contribution in [2.75, 3.05) is 24.3 Å². The van der Waals surface area contributed by atoms with Crippen LogP contribution in [0.25, 0.3) is 0 Å². The molecule has 0 spiro atoms. The molecule has 2 N–H and O–H groups in total. The Morgan fingerprint density at radius 2 is 1.81 bits per heavy atom. The normalized spacial score (nSPS) is 18.4. The predicted octanol–water partition coefficient (Wildman–Crippen LogP) is 5.98. The zero-order valence-corrected chi connectivity index (χ0v) is 22.4. The first-order valence-electron chi connectivity index (χ1n) is 11.9. The van der Waals surface area contributed by atoms with E-state index in [2.05, 4.69) is 24.1 Å². The van der Waals surface area contributed by atoms with E-state index >= 15 is 0 Å². The van der Waals surface area contributed by atoms with Crippen molar-refractivity contribution in [3.63, 3.8) is 0 Å². The average molecular weight is 521 g/mol. The molecule has 186 valence electrons. The maximum Gasteiger partial charge on any atom is 0.257 e. The van der Waals surface area contributed by atoms with Crippen molar-refractivity contribution in [3.05, 3.63) is 91.9 Å². The van der Waals surface area contributed by atoms with Gasteiger partial charge in [-0.2, -0.15) is 0 Å². The standard InChI is InChI=1S/C28H29ClN4O2S/c1-28(2)13-20-23(21(34)14-28)22(16-9-11-18(12-10-16)33(3)4)24-25(30-20)31-27(32-26(24)35)36-15-17-7-5-6-8-19(17)29/h5-12,22H,13-15H2,1-4H3,(H2,30,31,32,35)/t22-/m0/s1. The molecule has 1 aliphatic carbocycles. The van der Waals surface area contributed by atoms with Crippen LogP contribution in [0.5, 0.6) is 0 Å². The van der Waals surface area contributed by atoms with Crippen LogP contribution < -0.4 is 15.8 Å². The van der Waals surface area contributed by atoms with Crippen LogP contribution in [0.3, 0.4) is 0 Å². The smallest absolute Gasteiger partial charge is 0.257 e. The highest BCUT2D eigenvalue weighted by Gasteiger charge is 2.42. The van der Waals surface area contributed by atoms with Crippen LogP contribution in [0.2, 0.25) is 5.02 Å². The average Bonchev–Trinajstić information content (AvgIpc) is 2.81. The Kier molecular flexibility index (Phi) is 6.47. The van der Waals surface area contributed by atoms with Gasteiger partial charge in [-0.3, -0.25) is 9.59 Å². The van der Waals surface area contributed by atoms with Gasteiger partial charge < -0.3 is 15.2 Å². The van der Waals surface area contributed by atoms with E-state index < -0.39 is 5.92 Å². The molecule has 0 fully saturated rings. The van der Waals surface area contributed by atoms with Gasteiger partial charge >= 0.3 is 0 Å². The number of aromatic amines is 1. The maximum atomic E-state index is 13.5. The second-order valence-electron chi connectivity index (χ2n) is 10.4. The number of nitrogens with one attached hydrogen (secondary N) is 2. The molecule has 6 nitrogen and oxygen atoms in total. The Balaban J connectivity index is 1.58. The van der Waals surface area contributed by atoms with E-state index in [1.807, 2.05) is 67.5 Å². The summed E-state index contributed by atoms with van der Waals surface area (Å²) in [5.74, 6) is 0.718. The van der Waals surface area contributed by atoms with Crippen LogP contribution in [-0.4, -0.2) is 29.8 Å². The number of thioether (sulfide) groups is 1. The van der Waals surface area contributed by atoms with Crippen molar-refractivity contribution in [2.24, 2.45) is 5.41 Å². The first-order chi connectivity index (χ1) is 17.1. The Morgan fingerprint density at radius 3 is 2.50 bits per heavy atom. The molecular weight excluding hydrogens is 492 g/mol. The minimum atomic E-state index is -0.463. The Labute approximate surface area is 220 Å². The number of aromatic nitrogens is 2. The number of carbonyl (C=O) groups excluding carboxylic acids is 1. The fourth-order valence-corrected chi connectivity index (χ4v) is 6.17. The summed E-state index contributed by atoms with van der Waals surface area (Å²) >= 11 is 7.74. The van der Waals surface area contributed by atoms with Gasteiger partial charge in [-0.1, -0.05) is 67.5 Å². The maximum absolute atomic E-state index is 13.5. The van der Waals surface area contributed by atoms with Crippen LogP contribution in [0.15, 0.2) is 69.8 Å². The van der Waals surface area contributed by atoms with Gasteiger partial charge in [0.05, 0.1) is 5.56 Å². The number of halogens is 1. The zero-order chi connectivity index (χ0) is 25.6. The van der Waals surface area contributed by atoms with Gasteiger partial charge in [0, 0.05) is 54.2 Å². The van der Waals surface area contributed by atoms with E-state index in [9.17, 15) is 9.59 Å². The number of ketones is 1. The predicted molar refractivity (Wildman–Crippen MR) is 147 cm³/mol. The van der Waals surface area contributed by atoms with Gasteiger partial charge in [0.15, 0.2) is 10.9 Å². The fraction of sp³-hybridized carbons (Fsp3) is 0.321. The summed E-state index contributed by atoms with van der Waals surface area (Å²) in [5, 5.41) is 4.58. The Bertz CT molecular complexity index is 1430. The van der Waals surface area contributed by atoms with Gasteiger partial charge in [-0.05, 0) is 41.2 Å². The Hall–Kier alpha value is -3.03.